The standard InChI is InChI=1S/C9H18N2O3/c1-11(4-2-3-10)9(12)7-14-8-5-13-6-8/h8H,2-7,10H2,1H3. The molecule has 14 heavy (non-hydrogen) atoms. The van der Waals surface area contributed by atoms with Gasteiger partial charge in [0.2, 0.25) is 5.91 Å². The van der Waals surface area contributed by atoms with E-state index < -0.39 is 0 Å². The molecule has 0 saturated carbocycles. The zero-order valence-electron chi connectivity index (χ0n) is 8.57. The van der Waals surface area contributed by atoms with Gasteiger partial charge in [-0.1, -0.05) is 0 Å². The third-order valence-corrected chi connectivity index (χ3v) is 2.17. The van der Waals surface area contributed by atoms with Gasteiger partial charge in [-0.2, -0.15) is 0 Å². The summed E-state index contributed by atoms with van der Waals surface area (Å²) in [5.74, 6) is 0.00495. The summed E-state index contributed by atoms with van der Waals surface area (Å²) >= 11 is 0. The minimum atomic E-state index is 0.00495. The van der Waals surface area contributed by atoms with E-state index >= 15 is 0 Å². The second-order valence-corrected chi connectivity index (χ2v) is 3.43. The molecule has 1 saturated heterocycles. The van der Waals surface area contributed by atoms with E-state index in [4.69, 9.17) is 15.2 Å². The third-order valence-electron chi connectivity index (χ3n) is 2.17. The fourth-order valence-electron chi connectivity index (χ4n) is 1.06. The SMILES string of the molecule is CN(CCCN)C(=O)COC1COC1. The predicted molar refractivity (Wildman–Crippen MR) is 51.9 cm³/mol. The molecule has 1 fully saturated rings. The van der Waals surface area contributed by atoms with Gasteiger partial charge in [-0.05, 0) is 13.0 Å². The van der Waals surface area contributed by atoms with Gasteiger partial charge in [-0.15, -0.1) is 0 Å². The maximum Gasteiger partial charge on any atom is 0.248 e. The lowest BCUT2D eigenvalue weighted by Gasteiger charge is -2.26. The average Bonchev–Trinajstić information content (AvgIpc) is 2.11. The number of likely N-dealkylation sites (N-methyl/N-ethyl adjacent to an activating group) is 1. The molecule has 1 amide bonds. The molecule has 0 aromatic rings. The van der Waals surface area contributed by atoms with Crippen LogP contribution in [0.15, 0.2) is 0 Å². The molecule has 0 spiro atoms. The van der Waals surface area contributed by atoms with Crippen LogP contribution in [0.5, 0.6) is 0 Å². The molecule has 1 rings (SSSR count). The lowest BCUT2D eigenvalue weighted by Crippen LogP contribution is -2.40. The van der Waals surface area contributed by atoms with Crippen molar-refractivity contribution in [2.24, 2.45) is 5.73 Å². The van der Waals surface area contributed by atoms with Crippen LogP contribution in [0, 0.1) is 0 Å². The molecular weight excluding hydrogens is 184 g/mol. The van der Waals surface area contributed by atoms with Crippen LogP contribution in [0.1, 0.15) is 6.42 Å². The highest BCUT2D eigenvalue weighted by atomic mass is 16.6. The highest BCUT2D eigenvalue weighted by Crippen LogP contribution is 2.05. The first-order chi connectivity index (χ1) is 6.74. The largest absolute Gasteiger partial charge is 0.376 e. The van der Waals surface area contributed by atoms with Gasteiger partial charge in [0.15, 0.2) is 0 Å². The van der Waals surface area contributed by atoms with E-state index in [0.717, 1.165) is 6.42 Å². The normalized spacial score (nSPS) is 16.4. The maximum atomic E-state index is 11.4. The molecule has 1 aliphatic rings. The van der Waals surface area contributed by atoms with Gasteiger partial charge in [0.05, 0.1) is 13.2 Å². The number of rotatable bonds is 6. The Bertz CT molecular complexity index is 183. The molecule has 82 valence electrons. The quantitative estimate of drug-likeness (QED) is 0.613. The molecule has 2 N–H and O–H groups in total. The Hall–Kier alpha value is -0.650. The number of carbonyl (C=O) groups excluding carboxylic acids is 1. The molecule has 5 heteroatoms. The van der Waals surface area contributed by atoms with Crippen molar-refractivity contribution in [3.8, 4) is 0 Å². The van der Waals surface area contributed by atoms with Crippen molar-refractivity contribution in [1.29, 1.82) is 0 Å². The van der Waals surface area contributed by atoms with E-state index in [-0.39, 0.29) is 18.6 Å². The minimum Gasteiger partial charge on any atom is -0.376 e. The number of carbonyl (C=O) groups is 1. The number of nitrogens with two attached hydrogens (primary N) is 1. The van der Waals surface area contributed by atoms with Crippen LogP contribution in [0.3, 0.4) is 0 Å². The molecule has 0 atom stereocenters. The zero-order chi connectivity index (χ0) is 10.4. The van der Waals surface area contributed by atoms with Crippen LogP contribution in [0.2, 0.25) is 0 Å². The molecule has 5 nitrogen and oxygen atoms in total. The number of nitrogens with zero attached hydrogens (tertiary/aromatic N) is 1. The molecule has 1 heterocycles. The number of hydrogen-bond donors (Lipinski definition) is 1. The summed E-state index contributed by atoms with van der Waals surface area (Å²) < 4.78 is 10.2. The zero-order valence-corrected chi connectivity index (χ0v) is 8.57. The highest BCUT2D eigenvalue weighted by molar-refractivity contribution is 5.77. The fraction of sp³-hybridized carbons (Fsp3) is 0.889. The van der Waals surface area contributed by atoms with Crippen LogP contribution in [-0.4, -0.2) is 56.9 Å². The smallest absolute Gasteiger partial charge is 0.248 e. The summed E-state index contributed by atoms with van der Waals surface area (Å²) in [5.41, 5.74) is 5.34. The number of amides is 1. The van der Waals surface area contributed by atoms with Crippen LogP contribution < -0.4 is 5.73 Å². The lowest BCUT2D eigenvalue weighted by atomic mass is 10.3. The second-order valence-electron chi connectivity index (χ2n) is 3.43. The molecule has 0 aromatic carbocycles. The summed E-state index contributed by atoms with van der Waals surface area (Å²) in [7, 11) is 1.76. The average molecular weight is 202 g/mol. The van der Waals surface area contributed by atoms with Gasteiger partial charge in [-0.25, -0.2) is 0 Å². The van der Waals surface area contributed by atoms with Gasteiger partial charge in [0.25, 0.3) is 0 Å². The topological polar surface area (TPSA) is 64.8 Å². The van der Waals surface area contributed by atoms with Crippen molar-refractivity contribution >= 4 is 5.91 Å². The van der Waals surface area contributed by atoms with E-state index in [2.05, 4.69) is 0 Å². The molecule has 1 aliphatic heterocycles. The van der Waals surface area contributed by atoms with Crippen LogP contribution in [0.25, 0.3) is 0 Å². The Labute approximate surface area is 84.1 Å². The van der Waals surface area contributed by atoms with Gasteiger partial charge < -0.3 is 20.1 Å². The minimum absolute atomic E-state index is 0.00495. The van der Waals surface area contributed by atoms with Crippen LogP contribution in [0.4, 0.5) is 0 Å². The summed E-state index contributed by atoms with van der Waals surface area (Å²) in [6, 6.07) is 0. The van der Waals surface area contributed by atoms with Crippen LogP contribution >= 0.6 is 0 Å². The Kier molecular flexibility index (Phi) is 4.86. The maximum absolute atomic E-state index is 11.4. The fourth-order valence-corrected chi connectivity index (χ4v) is 1.06. The van der Waals surface area contributed by atoms with Gasteiger partial charge in [-0.3, -0.25) is 4.79 Å². The monoisotopic (exact) mass is 202 g/mol. The van der Waals surface area contributed by atoms with Crippen molar-refractivity contribution in [2.75, 3.05) is 40.0 Å². The van der Waals surface area contributed by atoms with E-state index in [1.165, 1.54) is 0 Å². The first-order valence-corrected chi connectivity index (χ1v) is 4.87. The van der Waals surface area contributed by atoms with Crippen molar-refractivity contribution in [3.63, 3.8) is 0 Å². The highest BCUT2D eigenvalue weighted by Gasteiger charge is 2.20. The van der Waals surface area contributed by atoms with Gasteiger partial charge in [0, 0.05) is 13.6 Å². The Balaban J connectivity index is 2.06. The Morgan fingerprint density at radius 1 is 1.64 bits per heavy atom. The first kappa shape index (κ1) is 11.4. The van der Waals surface area contributed by atoms with Gasteiger partial charge in [0.1, 0.15) is 12.7 Å². The molecule has 0 aliphatic carbocycles. The van der Waals surface area contributed by atoms with Gasteiger partial charge >= 0.3 is 0 Å². The molecule has 0 radical (unpaired) electrons. The lowest BCUT2D eigenvalue weighted by molar-refractivity contribution is -0.154. The van der Waals surface area contributed by atoms with E-state index in [9.17, 15) is 4.79 Å². The number of hydrogen-bond acceptors (Lipinski definition) is 4. The summed E-state index contributed by atoms with van der Waals surface area (Å²) in [6.07, 6.45) is 0.941. The predicted octanol–water partition coefficient (Wildman–Crippen LogP) is -0.791. The number of ether oxygens (including phenoxy) is 2. The molecular formula is C9H18N2O3. The Morgan fingerprint density at radius 2 is 2.36 bits per heavy atom. The Morgan fingerprint density at radius 3 is 2.86 bits per heavy atom. The van der Waals surface area contributed by atoms with E-state index in [1.807, 2.05) is 0 Å². The second kappa shape index (κ2) is 5.95. The first-order valence-electron chi connectivity index (χ1n) is 4.87. The van der Waals surface area contributed by atoms with Crippen LogP contribution in [-0.2, 0) is 14.3 Å². The van der Waals surface area contributed by atoms with Crippen molar-refractivity contribution in [3.05, 3.63) is 0 Å². The molecule has 0 unspecified atom stereocenters. The molecule has 0 aromatic heterocycles. The third kappa shape index (κ3) is 3.61. The van der Waals surface area contributed by atoms with Crippen molar-refractivity contribution in [2.45, 2.75) is 12.5 Å². The van der Waals surface area contributed by atoms with E-state index in [1.54, 1.807) is 11.9 Å². The summed E-state index contributed by atoms with van der Waals surface area (Å²) in [5, 5.41) is 0. The van der Waals surface area contributed by atoms with E-state index in [0.29, 0.717) is 26.3 Å². The van der Waals surface area contributed by atoms with Crippen molar-refractivity contribution < 1.29 is 14.3 Å². The summed E-state index contributed by atoms with van der Waals surface area (Å²) in [6.45, 7) is 2.67. The molecule has 0 bridgehead atoms. The van der Waals surface area contributed by atoms with Crippen molar-refractivity contribution in [1.82, 2.24) is 4.90 Å². The summed E-state index contributed by atoms with van der Waals surface area (Å²) in [4.78, 5) is 13.1.